The first-order valence-corrected chi connectivity index (χ1v) is 8.02. The van der Waals surface area contributed by atoms with Gasteiger partial charge in [0.1, 0.15) is 6.54 Å². The maximum Gasteiger partial charge on any atom is 0.420 e. The van der Waals surface area contributed by atoms with Crippen molar-refractivity contribution in [2.75, 3.05) is 0 Å². The molecule has 5 nitrogen and oxygen atoms in total. The molecular formula is C19H20N2O3. The van der Waals surface area contributed by atoms with Gasteiger partial charge in [0.2, 0.25) is 5.91 Å². The number of hydrogen-bond donors (Lipinski definition) is 1. The Labute approximate surface area is 139 Å². The van der Waals surface area contributed by atoms with E-state index in [4.69, 9.17) is 4.42 Å². The summed E-state index contributed by atoms with van der Waals surface area (Å²) in [4.78, 5) is 24.4. The highest BCUT2D eigenvalue weighted by Gasteiger charge is 2.16. The quantitative estimate of drug-likeness (QED) is 0.784. The standard InChI is InChI=1S/C19H20N2O3/c1-3-15(14-10-8-13(2)9-11-14)20-18(22)12-21-16-6-4-5-7-17(16)24-19(21)23/h4-11,15H,3,12H2,1-2H3,(H,20,22)/t15-/m1/s1. The van der Waals surface area contributed by atoms with Crippen molar-refractivity contribution in [3.63, 3.8) is 0 Å². The molecule has 1 aromatic heterocycles. The van der Waals surface area contributed by atoms with E-state index in [1.807, 2.05) is 44.2 Å². The second kappa shape index (κ2) is 6.74. The molecule has 0 aliphatic heterocycles. The highest BCUT2D eigenvalue weighted by Crippen LogP contribution is 2.17. The fraction of sp³-hybridized carbons (Fsp3) is 0.263. The number of benzene rings is 2. The Kier molecular flexibility index (Phi) is 4.51. The number of carbonyl (C=O) groups excluding carboxylic acids is 1. The molecule has 1 amide bonds. The molecule has 1 N–H and O–H groups in total. The van der Waals surface area contributed by atoms with Crippen LogP contribution in [0.1, 0.15) is 30.5 Å². The first-order chi connectivity index (χ1) is 11.6. The smallest absolute Gasteiger partial charge is 0.408 e. The molecule has 3 aromatic rings. The fourth-order valence-corrected chi connectivity index (χ4v) is 2.77. The van der Waals surface area contributed by atoms with Gasteiger partial charge in [0.05, 0.1) is 11.6 Å². The summed E-state index contributed by atoms with van der Waals surface area (Å²) in [5.41, 5.74) is 3.35. The van der Waals surface area contributed by atoms with Crippen LogP contribution in [0.5, 0.6) is 0 Å². The van der Waals surface area contributed by atoms with E-state index < -0.39 is 5.76 Å². The number of carbonyl (C=O) groups is 1. The van der Waals surface area contributed by atoms with Gasteiger partial charge in [0.25, 0.3) is 0 Å². The third-order valence-electron chi connectivity index (χ3n) is 4.10. The van der Waals surface area contributed by atoms with Crippen molar-refractivity contribution in [2.45, 2.75) is 32.9 Å². The fourth-order valence-electron chi connectivity index (χ4n) is 2.77. The third kappa shape index (κ3) is 3.25. The van der Waals surface area contributed by atoms with Gasteiger partial charge in [-0.05, 0) is 31.0 Å². The van der Waals surface area contributed by atoms with Gasteiger partial charge in [-0.15, -0.1) is 0 Å². The van der Waals surface area contributed by atoms with Crippen LogP contribution in [0.3, 0.4) is 0 Å². The number of para-hydroxylation sites is 2. The molecule has 0 aliphatic rings. The van der Waals surface area contributed by atoms with Gasteiger partial charge in [-0.2, -0.15) is 0 Å². The summed E-state index contributed by atoms with van der Waals surface area (Å²) in [5.74, 6) is -0.731. The summed E-state index contributed by atoms with van der Waals surface area (Å²) in [5, 5.41) is 2.99. The molecule has 0 unspecified atom stereocenters. The predicted molar refractivity (Wildman–Crippen MR) is 92.8 cm³/mol. The van der Waals surface area contributed by atoms with Gasteiger partial charge >= 0.3 is 5.76 Å². The number of oxazole rings is 1. The van der Waals surface area contributed by atoms with Crippen molar-refractivity contribution in [3.05, 3.63) is 70.2 Å². The lowest BCUT2D eigenvalue weighted by Gasteiger charge is -2.17. The van der Waals surface area contributed by atoms with Crippen LogP contribution in [-0.2, 0) is 11.3 Å². The van der Waals surface area contributed by atoms with E-state index in [1.54, 1.807) is 18.2 Å². The Morgan fingerprint density at radius 3 is 2.58 bits per heavy atom. The molecule has 24 heavy (non-hydrogen) atoms. The topological polar surface area (TPSA) is 64.2 Å². The van der Waals surface area contributed by atoms with E-state index in [2.05, 4.69) is 5.32 Å². The van der Waals surface area contributed by atoms with Gasteiger partial charge in [0.15, 0.2) is 5.58 Å². The Balaban J connectivity index is 1.77. The predicted octanol–water partition coefficient (Wildman–Crippen LogP) is 3.17. The number of hydrogen-bond acceptors (Lipinski definition) is 3. The van der Waals surface area contributed by atoms with Gasteiger partial charge in [-0.1, -0.05) is 48.9 Å². The van der Waals surface area contributed by atoms with Crippen LogP contribution in [0.15, 0.2) is 57.7 Å². The van der Waals surface area contributed by atoms with Gasteiger partial charge in [0, 0.05) is 0 Å². The SMILES string of the molecule is CC[C@@H](NC(=O)Cn1c(=O)oc2ccccc21)c1ccc(C)cc1. The molecule has 2 aromatic carbocycles. The van der Waals surface area contributed by atoms with E-state index >= 15 is 0 Å². The van der Waals surface area contributed by atoms with E-state index in [9.17, 15) is 9.59 Å². The number of fused-ring (bicyclic) bond motifs is 1. The maximum absolute atomic E-state index is 12.4. The van der Waals surface area contributed by atoms with Crippen LogP contribution < -0.4 is 11.1 Å². The van der Waals surface area contributed by atoms with Crippen molar-refractivity contribution in [2.24, 2.45) is 0 Å². The Bertz CT molecular complexity index is 906. The van der Waals surface area contributed by atoms with Crippen molar-refractivity contribution < 1.29 is 9.21 Å². The Morgan fingerprint density at radius 1 is 1.17 bits per heavy atom. The average Bonchev–Trinajstić information content (AvgIpc) is 2.89. The zero-order valence-corrected chi connectivity index (χ0v) is 13.8. The lowest BCUT2D eigenvalue weighted by molar-refractivity contribution is -0.122. The number of rotatable bonds is 5. The van der Waals surface area contributed by atoms with Crippen molar-refractivity contribution >= 4 is 17.0 Å². The first kappa shape index (κ1) is 16.1. The van der Waals surface area contributed by atoms with Crippen LogP contribution in [0.25, 0.3) is 11.1 Å². The zero-order valence-electron chi connectivity index (χ0n) is 13.8. The number of amides is 1. The minimum absolute atomic E-state index is 0.0573. The lowest BCUT2D eigenvalue weighted by Crippen LogP contribution is -2.33. The van der Waals surface area contributed by atoms with E-state index in [-0.39, 0.29) is 18.5 Å². The van der Waals surface area contributed by atoms with Crippen molar-refractivity contribution in [3.8, 4) is 0 Å². The number of aromatic nitrogens is 1. The number of aryl methyl sites for hydroxylation is 1. The summed E-state index contributed by atoms with van der Waals surface area (Å²) in [6.07, 6.45) is 0.774. The molecule has 1 atom stereocenters. The summed E-state index contributed by atoms with van der Waals surface area (Å²) in [7, 11) is 0. The van der Waals surface area contributed by atoms with Crippen LogP contribution in [0.2, 0.25) is 0 Å². The molecule has 0 fully saturated rings. The average molecular weight is 324 g/mol. The molecule has 0 saturated carbocycles. The molecule has 1 heterocycles. The van der Waals surface area contributed by atoms with E-state index in [0.717, 1.165) is 12.0 Å². The largest absolute Gasteiger partial charge is 0.420 e. The third-order valence-corrected chi connectivity index (χ3v) is 4.10. The molecule has 124 valence electrons. The molecule has 0 saturated heterocycles. The maximum atomic E-state index is 12.4. The molecular weight excluding hydrogens is 304 g/mol. The molecule has 0 radical (unpaired) electrons. The monoisotopic (exact) mass is 324 g/mol. The minimum Gasteiger partial charge on any atom is -0.408 e. The van der Waals surface area contributed by atoms with E-state index in [0.29, 0.717) is 11.1 Å². The zero-order chi connectivity index (χ0) is 17.1. The summed E-state index contributed by atoms with van der Waals surface area (Å²) < 4.78 is 6.51. The normalized spacial score (nSPS) is 12.2. The Morgan fingerprint density at radius 2 is 1.88 bits per heavy atom. The molecule has 0 spiro atoms. The first-order valence-electron chi connectivity index (χ1n) is 8.02. The van der Waals surface area contributed by atoms with Crippen LogP contribution in [0.4, 0.5) is 0 Å². The Hall–Kier alpha value is -2.82. The van der Waals surface area contributed by atoms with Gasteiger partial charge < -0.3 is 9.73 Å². The van der Waals surface area contributed by atoms with Crippen LogP contribution in [0, 0.1) is 6.92 Å². The summed E-state index contributed by atoms with van der Waals surface area (Å²) in [6.45, 7) is 3.99. The number of nitrogens with zero attached hydrogens (tertiary/aromatic N) is 1. The minimum atomic E-state index is -0.519. The van der Waals surface area contributed by atoms with Crippen molar-refractivity contribution in [1.82, 2.24) is 9.88 Å². The molecule has 0 bridgehead atoms. The van der Waals surface area contributed by atoms with Gasteiger partial charge in [-0.25, -0.2) is 4.79 Å². The highest BCUT2D eigenvalue weighted by molar-refractivity contribution is 5.79. The second-order valence-electron chi connectivity index (χ2n) is 5.86. The van der Waals surface area contributed by atoms with Crippen LogP contribution in [-0.4, -0.2) is 10.5 Å². The lowest BCUT2D eigenvalue weighted by atomic mass is 10.0. The van der Waals surface area contributed by atoms with E-state index in [1.165, 1.54) is 10.1 Å². The summed E-state index contributed by atoms with van der Waals surface area (Å²) >= 11 is 0. The molecule has 3 rings (SSSR count). The molecule has 0 aliphatic carbocycles. The number of nitrogens with one attached hydrogen (secondary N) is 1. The van der Waals surface area contributed by atoms with Crippen molar-refractivity contribution in [1.29, 1.82) is 0 Å². The van der Waals surface area contributed by atoms with Gasteiger partial charge in [-0.3, -0.25) is 9.36 Å². The second-order valence-corrected chi connectivity index (χ2v) is 5.86. The summed E-state index contributed by atoms with van der Waals surface area (Å²) in [6, 6.07) is 15.1. The van der Waals surface area contributed by atoms with Crippen LogP contribution >= 0.6 is 0 Å². The molecule has 5 heteroatoms. The highest BCUT2D eigenvalue weighted by atomic mass is 16.4.